The van der Waals surface area contributed by atoms with Crippen molar-refractivity contribution < 1.29 is 23.9 Å². The molecule has 0 aromatic heterocycles. The molecule has 2 aromatic carbocycles. The second-order valence-electron chi connectivity index (χ2n) is 5.14. The molecule has 0 heterocycles. The van der Waals surface area contributed by atoms with E-state index in [0.717, 1.165) is 11.1 Å². The van der Waals surface area contributed by atoms with Gasteiger partial charge in [0.25, 0.3) is 0 Å². The van der Waals surface area contributed by atoms with Gasteiger partial charge in [0.05, 0.1) is 0 Å². The van der Waals surface area contributed by atoms with Crippen LogP contribution in [0.25, 0.3) is 0 Å². The molecule has 0 bridgehead atoms. The second-order valence-corrected chi connectivity index (χ2v) is 5.14. The third-order valence-electron chi connectivity index (χ3n) is 3.35. The molecule has 0 amide bonds. The highest BCUT2D eigenvalue weighted by atomic mass is 16.6. The predicted octanol–water partition coefficient (Wildman–Crippen LogP) is 2.68. The predicted molar refractivity (Wildman–Crippen MR) is 86.6 cm³/mol. The molecule has 0 aliphatic rings. The molecule has 124 valence electrons. The maximum Gasteiger partial charge on any atom is 0.321 e. The molecule has 5 heteroatoms. The zero-order chi connectivity index (χ0) is 17.2. The summed E-state index contributed by atoms with van der Waals surface area (Å²) in [6.45, 7) is 0.0853. The summed E-state index contributed by atoms with van der Waals surface area (Å²) in [5.41, 5.74) is 1.60. The maximum absolute atomic E-state index is 12.1. The van der Waals surface area contributed by atoms with Crippen molar-refractivity contribution in [1.29, 1.82) is 0 Å². The van der Waals surface area contributed by atoms with Gasteiger partial charge in [-0.05, 0) is 11.1 Å². The van der Waals surface area contributed by atoms with Gasteiger partial charge in [0.15, 0.2) is 5.92 Å². The number of rotatable bonds is 8. The second kappa shape index (κ2) is 9.25. The maximum atomic E-state index is 12.1. The van der Waals surface area contributed by atoms with Crippen molar-refractivity contribution in [3.63, 3.8) is 0 Å². The zero-order valence-corrected chi connectivity index (χ0v) is 13.1. The SMILES string of the molecule is O=CCC(C(=O)OCc1ccccc1)C(=O)OCc1ccccc1. The van der Waals surface area contributed by atoms with Crippen LogP contribution in [0.4, 0.5) is 0 Å². The molecule has 0 saturated carbocycles. The fraction of sp³-hybridized carbons (Fsp3) is 0.211. The van der Waals surface area contributed by atoms with Gasteiger partial charge in [-0.1, -0.05) is 60.7 Å². The lowest BCUT2D eigenvalue weighted by Gasteiger charge is -2.13. The van der Waals surface area contributed by atoms with Crippen molar-refractivity contribution in [3.05, 3.63) is 71.8 Å². The van der Waals surface area contributed by atoms with Crippen molar-refractivity contribution >= 4 is 18.2 Å². The van der Waals surface area contributed by atoms with Crippen molar-refractivity contribution in [2.45, 2.75) is 19.6 Å². The molecule has 0 unspecified atom stereocenters. The Morgan fingerprint density at radius 3 is 1.58 bits per heavy atom. The Labute approximate surface area is 140 Å². The van der Waals surface area contributed by atoms with Crippen LogP contribution >= 0.6 is 0 Å². The molecule has 2 aromatic rings. The molecular formula is C19H18O5. The third-order valence-corrected chi connectivity index (χ3v) is 3.35. The van der Waals surface area contributed by atoms with E-state index in [1.54, 1.807) is 24.3 Å². The molecule has 0 spiro atoms. The van der Waals surface area contributed by atoms with E-state index in [-0.39, 0.29) is 19.6 Å². The lowest BCUT2D eigenvalue weighted by Crippen LogP contribution is -2.28. The number of hydrogen-bond acceptors (Lipinski definition) is 5. The first-order valence-corrected chi connectivity index (χ1v) is 7.55. The minimum atomic E-state index is -1.24. The Hall–Kier alpha value is -2.95. The summed E-state index contributed by atoms with van der Waals surface area (Å²) in [7, 11) is 0. The summed E-state index contributed by atoms with van der Waals surface area (Å²) in [4.78, 5) is 34.9. The van der Waals surface area contributed by atoms with Crippen LogP contribution < -0.4 is 0 Å². The lowest BCUT2D eigenvalue weighted by molar-refractivity contribution is -0.164. The van der Waals surface area contributed by atoms with Crippen LogP contribution in [-0.2, 0) is 37.1 Å². The van der Waals surface area contributed by atoms with E-state index in [1.807, 2.05) is 36.4 Å². The van der Waals surface area contributed by atoms with Gasteiger partial charge in [-0.3, -0.25) is 9.59 Å². The monoisotopic (exact) mass is 326 g/mol. The van der Waals surface area contributed by atoms with Gasteiger partial charge in [-0.15, -0.1) is 0 Å². The van der Waals surface area contributed by atoms with Crippen molar-refractivity contribution in [1.82, 2.24) is 0 Å². The Morgan fingerprint density at radius 1 is 0.792 bits per heavy atom. The van der Waals surface area contributed by atoms with E-state index in [4.69, 9.17) is 9.47 Å². The van der Waals surface area contributed by atoms with Crippen LogP contribution in [0.2, 0.25) is 0 Å². The lowest BCUT2D eigenvalue weighted by atomic mass is 10.1. The average Bonchev–Trinajstić information content (AvgIpc) is 2.64. The molecule has 0 fully saturated rings. The summed E-state index contributed by atoms with van der Waals surface area (Å²) < 4.78 is 10.2. The number of carbonyl (C=O) groups excluding carboxylic acids is 3. The molecule has 5 nitrogen and oxygen atoms in total. The summed E-state index contributed by atoms with van der Waals surface area (Å²) in [5, 5.41) is 0. The molecule has 2 rings (SSSR count). The summed E-state index contributed by atoms with van der Waals surface area (Å²) in [6, 6.07) is 18.2. The van der Waals surface area contributed by atoms with Gasteiger partial charge in [0, 0.05) is 6.42 Å². The van der Waals surface area contributed by atoms with Gasteiger partial charge in [0.1, 0.15) is 19.5 Å². The molecule has 0 aliphatic carbocycles. The number of ether oxygens (including phenoxy) is 2. The molecule has 0 N–H and O–H groups in total. The molecule has 0 radical (unpaired) electrons. The van der Waals surface area contributed by atoms with Crippen molar-refractivity contribution in [2.75, 3.05) is 0 Å². The van der Waals surface area contributed by atoms with Gasteiger partial charge in [0.2, 0.25) is 0 Å². The Balaban J connectivity index is 1.90. The molecule has 0 aliphatic heterocycles. The van der Waals surface area contributed by atoms with E-state index >= 15 is 0 Å². The van der Waals surface area contributed by atoms with Gasteiger partial charge in [-0.25, -0.2) is 0 Å². The first kappa shape index (κ1) is 17.4. The summed E-state index contributed by atoms with van der Waals surface area (Å²) in [5.74, 6) is -2.76. The summed E-state index contributed by atoms with van der Waals surface area (Å²) in [6.07, 6.45) is 0.249. The standard InChI is InChI=1S/C19H18O5/c20-12-11-17(18(21)23-13-15-7-3-1-4-8-15)19(22)24-14-16-9-5-2-6-10-16/h1-10,12,17H,11,13-14H2. The van der Waals surface area contributed by atoms with E-state index in [9.17, 15) is 14.4 Å². The van der Waals surface area contributed by atoms with Crippen molar-refractivity contribution in [3.8, 4) is 0 Å². The summed E-state index contributed by atoms with van der Waals surface area (Å²) >= 11 is 0. The number of carbonyl (C=O) groups is 3. The number of esters is 2. The highest BCUT2D eigenvalue weighted by Crippen LogP contribution is 2.12. The van der Waals surface area contributed by atoms with E-state index in [0.29, 0.717) is 6.29 Å². The van der Waals surface area contributed by atoms with Crippen LogP contribution in [0.1, 0.15) is 17.5 Å². The van der Waals surface area contributed by atoms with Gasteiger partial charge >= 0.3 is 11.9 Å². The fourth-order valence-electron chi connectivity index (χ4n) is 2.04. The van der Waals surface area contributed by atoms with Crippen LogP contribution in [0, 0.1) is 5.92 Å². The van der Waals surface area contributed by atoms with Crippen LogP contribution in [0.3, 0.4) is 0 Å². The highest BCUT2D eigenvalue weighted by molar-refractivity contribution is 5.96. The smallest absolute Gasteiger partial charge is 0.321 e. The Kier molecular flexibility index (Phi) is 6.71. The van der Waals surface area contributed by atoms with Crippen LogP contribution in [0.5, 0.6) is 0 Å². The van der Waals surface area contributed by atoms with Crippen molar-refractivity contribution in [2.24, 2.45) is 5.92 Å². The minimum absolute atomic E-state index is 0.0427. The number of aldehydes is 1. The first-order chi connectivity index (χ1) is 11.7. The quantitative estimate of drug-likeness (QED) is 0.424. The largest absolute Gasteiger partial charge is 0.460 e. The van der Waals surface area contributed by atoms with E-state index in [1.165, 1.54) is 0 Å². The normalized spacial score (nSPS) is 10.2. The fourth-order valence-corrected chi connectivity index (χ4v) is 2.04. The highest BCUT2D eigenvalue weighted by Gasteiger charge is 2.29. The van der Waals surface area contributed by atoms with Gasteiger partial charge < -0.3 is 14.3 Å². The van der Waals surface area contributed by atoms with Crippen LogP contribution in [0.15, 0.2) is 60.7 Å². The zero-order valence-electron chi connectivity index (χ0n) is 13.1. The molecular weight excluding hydrogens is 308 g/mol. The van der Waals surface area contributed by atoms with Gasteiger partial charge in [-0.2, -0.15) is 0 Å². The van der Waals surface area contributed by atoms with E-state index < -0.39 is 17.9 Å². The third kappa shape index (κ3) is 5.35. The number of hydrogen-bond donors (Lipinski definition) is 0. The average molecular weight is 326 g/mol. The van der Waals surface area contributed by atoms with E-state index in [2.05, 4.69) is 0 Å². The molecule has 0 atom stereocenters. The van der Waals surface area contributed by atoms with Crippen LogP contribution in [-0.4, -0.2) is 18.2 Å². The topological polar surface area (TPSA) is 69.7 Å². The Morgan fingerprint density at radius 2 is 1.21 bits per heavy atom. The number of benzene rings is 2. The Bertz CT molecular complexity index is 611. The minimum Gasteiger partial charge on any atom is -0.460 e. The first-order valence-electron chi connectivity index (χ1n) is 7.55. The molecule has 0 saturated heterocycles. The molecule has 24 heavy (non-hydrogen) atoms.